The largest absolute Gasteiger partial charge is 0.338 e. The molecule has 0 aromatic carbocycles. The van der Waals surface area contributed by atoms with Crippen LogP contribution in [0, 0.1) is 0 Å². The first-order valence-electron chi connectivity index (χ1n) is 8.56. The summed E-state index contributed by atoms with van der Waals surface area (Å²) < 4.78 is 0. The Hall–Kier alpha value is -2.01. The monoisotopic (exact) mass is 309 g/mol. The van der Waals surface area contributed by atoms with Gasteiger partial charge in [-0.15, -0.1) is 0 Å². The summed E-state index contributed by atoms with van der Waals surface area (Å²) >= 11 is 0. The van der Waals surface area contributed by atoms with Crippen molar-refractivity contribution in [2.24, 2.45) is 0 Å². The molecule has 2 aliphatic rings. The second-order valence-corrected chi connectivity index (χ2v) is 6.60. The second kappa shape index (κ2) is 6.24. The zero-order valence-corrected chi connectivity index (χ0v) is 13.6. The van der Waals surface area contributed by atoms with Crippen LogP contribution in [0.4, 0.5) is 5.95 Å². The number of rotatable bonds is 3. The molecular weight excluding hydrogens is 286 g/mol. The van der Waals surface area contributed by atoms with Crippen molar-refractivity contribution in [3.8, 4) is 11.4 Å². The van der Waals surface area contributed by atoms with Gasteiger partial charge in [-0.3, -0.25) is 9.88 Å². The highest BCUT2D eigenvalue weighted by Gasteiger charge is 2.36. The molecule has 2 aromatic heterocycles. The molecule has 5 nitrogen and oxygen atoms in total. The minimum Gasteiger partial charge on any atom is -0.338 e. The molecule has 0 aliphatic carbocycles. The molecule has 0 radical (unpaired) electrons. The fraction of sp³-hybridized carbons (Fsp3) is 0.500. The van der Waals surface area contributed by atoms with E-state index in [0.717, 1.165) is 36.5 Å². The third kappa shape index (κ3) is 2.93. The fourth-order valence-electron chi connectivity index (χ4n) is 3.65. The number of likely N-dealkylation sites (tertiary alicyclic amines) is 1. The number of anilines is 1. The van der Waals surface area contributed by atoms with Crippen LogP contribution in [-0.2, 0) is 0 Å². The first-order valence-corrected chi connectivity index (χ1v) is 8.56. The Morgan fingerprint density at radius 2 is 1.91 bits per heavy atom. The van der Waals surface area contributed by atoms with Gasteiger partial charge in [0.2, 0.25) is 5.95 Å². The first-order chi connectivity index (χ1) is 11.3. The van der Waals surface area contributed by atoms with E-state index in [-0.39, 0.29) is 0 Å². The van der Waals surface area contributed by atoms with E-state index in [1.165, 1.54) is 25.8 Å². The average molecular weight is 309 g/mol. The minimum atomic E-state index is 0.660. The molecule has 2 saturated heterocycles. The van der Waals surface area contributed by atoms with Crippen molar-refractivity contribution < 1.29 is 0 Å². The van der Waals surface area contributed by atoms with E-state index in [1.807, 2.05) is 30.5 Å². The smallest absolute Gasteiger partial charge is 0.226 e. The van der Waals surface area contributed by atoms with E-state index < -0.39 is 0 Å². The second-order valence-electron chi connectivity index (χ2n) is 6.60. The Bertz CT molecular complexity index is 653. The van der Waals surface area contributed by atoms with E-state index in [4.69, 9.17) is 4.98 Å². The van der Waals surface area contributed by atoms with Crippen LogP contribution in [0.15, 0.2) is 36.7 Å². The lowest BCUT2D eigenvalue weighted by molar-refractivity contribution is 0.0869. The molecule has 0 unspecified atom stereocenters. The summed E-state index contributed by atoms with van der Waals surface area (Å²) in [7, 11) is 0. The maximum Gasteiger partial charge on any atom is 0.226 e. The molecule has 2 aliphatic heterocycles. The fourth-order valence-corrected chi connectivity index (χ4v) is 3.65. The van der Waals surface area contributed by atoms with E-state index in [2.05, 4.69) is 26.7 Å². The molecule has 120 valence electrons. The highest BCUT2D eigenvalue weighted by molar-refractivity contribution is 5.55. The first kappa shape index (κ1) is 14.6. The number of pyridine rings is 1. The van der Waals surface area contributed by atoms with Crippen LogP contribution < -0.4 is 4.90 Å². The zero-order valence-electron chi connectivity index (χ0n) is 13.6. The van der Waals surface area contributed by atoms with Crippen molar-refractivity contribution >= 4 is 5.95 Å². The number of nitrogens with zero attached hydrogens (tertiary/aromatic N) is 5. The molecule has 0 bridgehead atoms. The van der Waals surface area contributed by atoms with Gasteiger partial charge in [-0.2, -0.15) is 0 Å². The van der Waals surface area contributed by atoms with Crippen LogP contribution >= 0.6 is 0 Å². The zero-order chi connectivity index (χ0) is 15.6. The predicted octanol–water partition coefficient (Wildman–Crippen LogP) is 2.60. The lowest BCUT2D eigenvalue weighted by Crippen LogP contribution is -2.62. The predicted molar refractivity (Wildman–Crippen MR) is 91.3 cm³/mol. The number of aromatic nitrogens is 3. The van der Waals surface area contributed by atoms with Crippen LogP contribution in [0.1, 0.15) is 26.2 Å². The third-order valence-corrected chi connectivity index (χ3v) is 5.04. The average Bonchev–Trinajstić information content (AvgIpc) is 2.56. The van der Waals surface area contributed by atoms with Crippen LogP contribution in [-0.4, -0.2) is 51.6 Å². The van der Waals surface area contributed by atoms with Crippen LogP contribution in [0.2, 0.25) is 0 Å². The summed E-state index contributed by atoms with van der Waals surface area (Å²) in [6.45, 7) is 5.68. The van der Waals surface area contributed by atoms with Gasteiger partial charge in [-0.25, -0.2) is 9.97 Å². The molecule has 0 spiro atoms. The number of piperidine rings is 1. The number of hydrogen-bond donors (Lipinski definition) is 0. The molecule has 5 heteroatoms. The van der Waals surface area contributed by atoms with Gasteiger partial charge in [-0.1, -0.05) is 12.5 Å². The molecule has 4 heterocycles. The third-order valence-electron chi connectivity index (χ3n) is 5.04. The van der Waals surface area contributed by atoms with Gasteiger partial charge in [-0.05, 0) is 44.5 Å². The summed E-state index contributed by atoms with van der Waals surface area (Å²) in [5.41, 5.74) is 1.79. The maximum absolute atomic E-state index is 4.70. The van der Waals surface area contributed by atoms with Crippen LogP contribution in [0.25, 0.3) is 11.4 Å². The molecule has 0 amide bonds. The maximum atomic E-state index is 4.70. The van der Waals surface area contributed by atoms with Crippen molar-refractivity contribution in [3.63, 3.8) is 0 Å². The summed E-state index contributed by atoms with van der Waals surface area (Å²) in [5.74, 6) is 0.828. The standard InChI is InChI=1S/C18H23N5/c1-14-6-3-5-11-23(14)15-12-22(13-15)18-20-10-8-17(21-18)16-7-2-4-9-19-16/h2,4,7-10,14-15H,3,5-6,11-13H2,1H3/t14-/m1/s1. The highest BCUT2D eigenvalue weighted by Crippen LogP contribution is 2.27. The van der Waals surface area contributed by atoms with Gasteiger partial charge in [0.25, 0.3) is 0 Å². The molecule has 2 aromatic rings. The molecule has 4 rings (SSSR count). The summed E-state index contributed by atoms with van der Waals surface area (Å²) in [6, 6.07) is 9.20. The Kier molecular flexibility index (Phi) is 3.95. The van der Waals surface area contributed by atoms with Gasteiger partial charge < -0.3 is 4.90 Å². The molecular formula is C18H23N5. The van der Waals surface area contributed by atoms with Gasteiger partial charge >= 0.3 is 0 Å². The van der Waals surface area contributed by atoms with E-state index in [0.29, 0.717) is 6.04 Å². The molecule has 0 N–H and O–H groups in total. The van der Waals surface area contributed by atoms with Crippen LogP contribution in [0.5, 0.6) is 0 Å². The van der Waals surface area contributed by atoms with E-state index in [1.54, 1.807) is 6.20 Å². The Balaban J connectivity index is 1.44. The molecule has 0 saturated carbocycles. The van der Waals surface area contributed by atoms with Crippen molar-refractivity contribution in [2.75, 3.05) is 24.5 Å². The van der Waals surface area contributed by atoms with E-state index in [9.17, 15) is 0 Å². The minimum absolute atomic E-state index is 0.660. The van der Waals surface area contributed by atoms with Gasteiger partial charge in [0.05, 0.1) is 11.4 Å². The van der Waals surface area contributed by atoms with Gasteiger partial charge in [0.15, 0.2) is 0 Å². The molecule has 2 fully saturated rings. The topological polar surface area (TPSA) is 45.2 Å². The lowest BCUT2D eigenvalue weighted by atomic mass is 9.98. The summed E-state index contributed by atoms with van der Waals surface area (Å²) in [6.07, 6.45) is 7.69. The molecule has 23 heavy (non-hydrogen) atoms. The molecule has 1 atom stereocenters. The van der Waals surface area contributed by atoms with Crippen molar-refractivity contribution in [1.29, 1.82) is 0 Å². The summed E-state index contributed by atoms with van der Waals surface area (Å²) in [5, 5.41) is 0. The summed E-state index contributed by atoms with van der Waals surface area (Å²) in [4.78, 5) is 18.5. The van der Waals surface area contributed by atoms with Crippen molar-refractivity contribution in [3.05, 3.63) is 36.7 Å². The van der Waals surface area contributed by atoms with E-state index >= 15 is 0 Å². The Morgan fingerprint density at radius 1 is 1.00 bits per heavy atom. The normalized spacial score (nSPS) is 22.8. The van der Waals surface area contributed by atoms with Crippen molar-refractivity contribution in [1.82, 2.24) is 19.9 Å². The van der Waals surface area contributed by atoms with Crippen LogP contribution in [0.3, 0.4) is 0 Å². The highest BCUT2D eigenvalue weighted by atomic mass is 15.4. The quantitative estimate of drug-likeness (QED) is 0.872. The van der Waals surface area contributed by atoms with Crippen molar-refractivity contribution in [2.45, 2.75) is 38.3 Å². The lowest BCUT2D eigenvalue weighted by Gasteiger charge is -2.49. The van der Waals surface area contributed by atoms with Gasteiger partial charge in [0, 0.05) is 37.6 Å². The SMILES string of the molecule is C[C@@H]1CCCCN1C1CN(c2nccc(-c3ccccn3)n2)C1. The van der Waals surface area contributed by atoms with Gasteiger partial charge in [0.1, 0.15) is 0 Å². The Morgan fingerprint density at radius 3 is 2.70 bits per heavy atom. The number of hydrogen-bond acceptors (Lipinski definition) is 5. The Labute approximate surface area is 137 Å².